The number of nitrogens with zero attached hydrogens (tertiary/aromatic N) is 1. The molecular weight excluding hydrogens is 428 g/mol. The van der Waals surface area contributed by atoms with Crippen molar-refractivity contribution in [3.8, 4) is 0 Å². The maximum Gasteiger partial charge on any atom is 0.337 e. The first kappa shape index (κ1) is 22.3. The molecule has 1 atom stereocenters. The molecule has 2 aromatic rings. The highest BCUT2D eigenvalue weighted by Crippen LogP contribution is 2.23. The van der Waals surface area contributed by atoms with Gasteiger partial charge in [0, 0.05) is 18.1 Å². The quantitative estimate of drug-likeness (QED) is 0.680. The number of hydrogen-bond donors (Lipinski definition) is 1. The molecule has 160 valence electrons. The summed E-state index contributed by atoms with van der Waals surface area (Å²) in [6, 6.07) is 12.0. The minimum Gasteiger partial charge on any atom is -0.465 e. The van der Waals surface area contributed by atoms with Crippen molar-refractivity contribution in [3.05, 3.63) is 64.7 Å². The molecule has 9 heteroatoms. The van der Waals surface area contributed by atoms with Crippen LogP contribution in [-0.2, 0) is 26.1 Å². The zero-order valence-electron chi connectivity index (χ0n) is 16.5. The number of carbonyl (C=O) groups excluding carboxylic acids is 2. The van der Waals surface area contributed by atoms with E-state index in [0.717, 1.165) is 16.3 Å². The third kappa shape index (κ3) is 5.00. The number of rotatable bonds is 6. The van der Waals surface area contributed by atoms with Crippen molar-refractivity contribution >= 4 is 33.5 Å². The van der Waals surface area contributed by atoms with Gasteiger partial charge < -0.3 is 10.1 Å². The topological polar surface area (TPSA) is 92.8 Å². The molecule has 1 saturated heterocycles. The van der Waals surface area contributed by atoms with Crippen LogP contribution in [0.2, 0.25) is 5.02 Å². The minimum absolute atomic E-state index is 0.0340. The van der Waals surface area contributed by atoms with E-state index >= 15 is 0 Å². The van der Waals surface area contributed by atoms with Gasteiger partial charge >= 0.3 is 5.97 Å². The SMILES string of the molecule is COC(=O)c1cccc(CN[C@@H]2CCCCN(S(=O)(=O)c3ccc(Cl)cc3)C2=O)c1. The van der Waals surface area contributed by atoms with Crippen molar-refractivity contribution in [1.29, 1.82) is 0 Å². The molecule has 0 spiro atoms. The van der Waals surface area contributed by atoms with Crippen LogP contribution in [0.25, 0.3) is 0 Å². The van der Waals surface area contributed by atoms with Crippen LogP contribution in [-0.4, -0.2) is 44.3 Å². The average molecular weight is 451 g/mol. The molecule has 30 heavy (non-hydrogen) atoms. The van der Waals surface area contributed by atoms with Gasteiger partial charge in [-0.15, -0.1) is 0 Å². The molecule has 1 heterocycles. The number of methoxy groups -OCH3 is 1. The van der Waals surface area contributed by atoms with E-state index in [4.69, 9.17) is 16.3 Å². The number of benzene rings is 2. The van der Waals surface area contributed by atoms with Crippen molar-refractivity contribution < 1.29 is 22.7 Å². The Morgan fingerprint density at radius 3 is 2.63 bits per heavy atom. The fraction of sp³-hybridized carbons (Fsp3) is 0.333. The number of ether oxygens (including phenoxy) is 1. The lowest BCUT2D eigenvalue weighted by atomic mass is 10.1. The molecule has 1 amide bonds. The van der Waals surface area contributed by atoms with Crippen molar-refractivity contribution in [2.75, 3.05) is 13.7 Å². The summed E-state index contributed by atoms with van der Waals surface area (Å²) in [4.78, 5) is 24.8. The lowest BCUT2D eigenvalue weighted by molar-refractivity contribution is -0.128. The van der Waals surface area contributed by atoms with E-state index < -0.39 is 27.9 Å². The molecule has 2 aromatic carbocycles. The molecule has 0 aliphatic carbocycles. The Morgan fingerprint density at radius 1 is 1.20 bits per heavy atom. The van der Waals surface area contributed by atoms with Gasteiger partial charge in [0.2, 0.25) is 0 Å². The largest absolute Gasteiger partial charge is 0.465 e. The Labute approximate surface area is 181 Å². The summed E-state index contributed by atoms with van der Waals surface area (Å²) >= 11 is 5.85. The van der Waals surface area contributed by atoms with E-state index in [1.807, 2.05) is 6.07 Å². The fourth-order valence-electron chi connectivity index (χ4n) is 3.34. The zero-order chi connectivity index (χ0) is 21.7. The number of sulfonamides is 1. The summed E-state index contributed by atoms with van der Waals surface area (Å²) < 4.78 is 31.7. The number of halogens is 1. The van der Waals surface area contributed by atoms with Gasteiger partial charge in [0.25, 0.3) is 15.9 Å². The Morgan fingerprint density at radius 2 is 1.93 bits per heavy atom. The highest BCUT2D eigenvalue weighted by atomic mass is 35.5. The van der Waals surface area contributed by atoms with Gasteiger partial charge in [-0.2, -0.15) is 0 Å². The highest BCUT2D eigenvalue weighted by molar-refractivity contribution is 7.89. The summed E-state index contributed by atoms with van der Waals surface area (Å²) in [5.74, 6) is -0.922. The van der Waals surface area contributed by atoms with E-state index in [2.05, 4.69) is 5.32 Å². The van der Waals surface area contributed by atoms with Crippen LogP contribution in [0.15, 0.2) is 53.4 Å². The summed E-state index contributed by atoms with van der Waals surface area (Å²) in [6.07, 6.45) is 1.84. The maximum absolute atomic E-state index is 13.1. The average Bonchev–Trinajstić information content (AvgIpc) is 2.94. The van der Waals surface area contributed by atoms with Gasteiger partial charge in [0.1, 0.15) is 0 Å². The molecule has 1 aliphatic heterocycles. The predicted octanol–water partition coefficient (Wildman–Crippen LogP) is 2.99. The molecule has 1 fully saturated rings. The molecule has 0 saturated carbocycles. The van der Waals surface area contributed by atoms with Gasteiger partial charge in [-0.1, -0.05) is 23.7 Å². The first-order valence-corrected chi connectivity index (χ1v) is 11.4. The van der Waals surface area contributed by atoms with E-state index in [0.29, 0.717) is 30.0 Å². The summed E-state index contributed by atoms with van der Waals surface area (Å²) in [6.45, 7) is 0.454. The van der Waals surface area contributed by atoms with Gasteiger partial charge in [0.05, 0.1) is 23.6 Å². The minimum atomic E-state index is -3.96. The number of esters is 1. The highest BCUT2D eigenvalue weighted by Gasteiger charge is 2.35. The van der Waals surface area contributed by atoms with Crippen molar-refractivity contribution in [3.63, 3.8) is 0 Å². The second-order valence-electron chi connectivity index (χ2n) is 6.99. The van der Waals surface area contributed by atoms with E-state index in [9.17, 15) is 18.0 Å². The van der Waals surface area contributed by atoms with Crippen LogP contribution < -0.4 is 5.32 Å². The molecule has 7 nitrogen and oxygen atoms in total. The summed E-state index contributed by atoms with van der Waals surface area (Å²) in [5.41, 5.74) is 1.21. The first-order chi connectivity index (χ1) is 14.3. The third-order valence-electron chi connectivity index (χ3n) is 4.95. The number of nitrogens with one attached hydrogen (secondary N) is 1. The molecule has 1 aliphatic rings. The van der Waals surface area contributed by atoms with Crippen molar-refractivity contribution in [2.24, 2.45) is 0 Å². The Balaban J connectivity index is 1.76. The van der Waals surface area contributed by atoms with Crippen LogP contribution in [0.5, 0.6) is 0 Å². The molecular formula is C21H23ClN2O5S. The second kappa shape index (κ2) is 9.59. The van der Waals surface area contributed by atoms with Crippen LogP contribution in [0, 0.1) is 0 Å². The lowest BCUT2D eigenvalue weighted by Gasteiger charge is -2.24. The summed E-state index contributed by atoms with van der Waals surface area (Å²) in [5, 5.41) is 3.57. The number of carbonyl (C=O) groups is 2. The van der Waals surface area contributed by atoms with Crippen LogP contribution in [0.3, 0.4) is 0 Å². The van der Waals surface area contributed by atoms with Gasteiger partial charge in [0.15, 0.2) is 0 Å². The van der Waals surface area contributed by atoms with E-state index in [-0.39, 0.29) is 11.4 Å². The maximum atomic E-state index is 13.1. The Hall–Kier alpha value is -2.42. The molecule has 0 aromatic heterocycles. The Bertz CT molecular complexity index is 1020. The van der Waals surface area contributed by atoms with Gasteiger partial charge in [-0.25, -0.2) is 17.5 Å². The molecule has 0 unspecified atom stereocenters. The lowest BCUT2D eigenvalue weighted by Crippen LogP contribution is -2.47. The normalized spacial score (nSPS) is 17.5. The number of amides is 1. The molecule has 1 N–H and O–H groups in total. The van der Waals surface area contributed by atoms with E-state index in [1.54, 1.807) is 18.2 Å². The van der Waals surface area contributed by atoms with Gasteiger partial charge in [-0.05, 0) is 61.2 Å². The smallest absolute Gasteiger partial charge is 0.337 e. The van der Waals surface area contributed by atoms with Crippen LogP contribution in [0.1, 0.15) is 35.2 Å². The summed E-state index contributed by atoms with van der Waals surface area (Å²) in [7, 11) is -2.65. The monoisotopic (exact) mass is 450 g/mol. The molecule has 0 radical (unpaired) electrons. The van der Waals surface area contributed by atoms with Gasteiger partial charge in [-0.3, -0.25) is 4.79 Å². The third-order valence-corrected chi connectivity index (χ3v) is 7.01. The standard InChI is InChI=1S/C21H23ClN2O5S/c1-29-21(26)16-6-4-5-15(13-16)14-23-19-7-2-3-12-24(20(19)25)30(27,28)18-10-8-17(22)9-11-18/h4-6,8-11,13,19,23H,2-3,7,12,14H2,1H3/t19-/m1/s1. The van der Waals surface area contributed by atoms with Crippen molar-refractivity contribution in [1.82, 2.24) is 9.62 Å². The van der Waals surface area contributed by atoms with E-state index in [1.165, 1.54) is 31.4 Å². The fourth-order valence-corrected chi connectivity index (χ4v) is 4.93. The Kier molecular flexibility index (Phi) is 7.12. The van der Waals surface area contributed by atoms with Crippen molar-refractivity contribution in [2.45, 2.75) is 36.7 Å². The molecule has 0 bridgehead atoms. The van der Waals surface area contributed by atoms with Crippen LogP contribution in [0.4, 0.5) is 0 Å². The second-order valence-corrected chi connectivity index (χ2v) is 9.29. The van der Waals surface area contributed by atoms with Crippen LogP contribution >= 0.6 is 11.6 Å². The first-order valence-electron chi connectivity index (χ1n) is 9.55. The number of hydrogen-bond acceptors (Lipinski definition) is 6. The zero-order valence-corrected chi connectivity index (χ0v) is 18.1. The predicted molar refractivity (Wildman–Crippen MR) is 113 cm³/mol. The molecule has 3 rings (SSSR count).